The third-order valence-electron chi connectivity index (χ3n) is 2.05. The van der Waals surface area contributed by atoms with Gasteiger partial charge in [-0.05, 0) is 18.2 Å². The minimum absolute atomic E-state index is 0.107. The summed E-state index contributed by atoms with van der Waals surface area (Å²) >= 11 is 0. The summed E-state index contributed by atoms with van der Waals surface area (Å²) in [5, 5.41) is 3.23. The van der Waals surface area contributed by atoms with Gasteiger partial charge in [-0.1, -0.05) is 12.2 Å². The molecule has 0 bridgehead atoms. The summed E-state index contributed by atoms with van der Waals surface area (Å²) in [6, 6.07) is 5.73. The van der Waals surface area contributed by atoms with Gasteiger partial charge in [-0.15, -0.1) is 0 Å². The number of carbonyl (C=O) groups is 1. The fourth-order valence-corrected chi connectivity index (χ4v) is 1.41. The fourth-order valence-electron chi connectivity index (χ4n) is 1.41. The van der Waals surface area contributed by atoms with Gasteiger partial charge in [0.05, 0.1) is 0 Å². The highest BCUT2D eigenvalue weighted by atomic mass is 16.5. The molecule has 14 heavy (non-hydrogen) atoms. The normalized spacial score (nSPS) is 12.9. The fraction of sp³-hybridized carbons (Fsp3) is 0.182. The molecule has 0 atom stereocenters. The minimum atomic E-state index is 0.107. The molecule has 1 aromatic carbocycles. The molecule has 0 saturated heterocycles. The highest BCUT2D eigenvalue weighted by molar-refractivity contribution is 5.71. The summed E-state index contributed by atoms with van der Waals surface area (Å²) in [5.74, 6) is 0.726. The first-order chi connectivity index (χ1) is 6.90. The SMILES string of the molecule is O=CCOc1ccc2c(c1)C=CCN2. The molecular weight excluding hydrogens is 178 g/mol. The number of carbonyl (C=O) groups excluding carboxylic acids is 1. The Morgan fingerprint density at radius 1 is 1.50 bits per heavy atom. The zero-order valence-electron chi connectivity index (χ0n) is 7.69. The molecule has 0 aromatic heterocycles. The topological polar surface area (TPSA) is 38.3 Å². The number of anilines is 1. The molecule has 1 N–H and O–H groups in total. The van der Waals surface area contributed by atoms with E-state index in [1.54, 1.807) is 0 Å². The standard InChI is InChI=1S/C11H11NO2/c13-6-7-14-10-3-4-11-9(8-10)2-1-5-12-11/h1-4,6,8,12H,5,7H2. The molecule has 3 nitrogen and oxygen atoms in total. The van der Waals surface area contributed by atoms with Crippen molar-refractivity contribution in [3.63, 3.8) is 0 Å². The van der Waals surface area contributed by atoms with Crippen molar-refractivity contribution in [2.75, 3.05) is 18.5 Å². The maximum absolute atomic E-state index is 10.1. The van der Waals surface area contributed by atoms with E-state index in [-0.39, 0.29) is 6.61 Å². The van der Waals surface area contributed by atoms with Crippen LogP contribution < -0.4 is 10.1 Å². The van der Waals surface area contributed by atoms with E-state index in [1.807, 2.05) is 30.4 Å². The predicted octanol–water partition coefficient (Wildman–Crippen LogP) is 1.70. The van der Waals surface area contributed by atoms with Crippen LogP contribution in [0.2, 0.25) is 0 Å². The first kappa shape index (κ1) is 8.81. The van der Waals surface area contributed by atoms with Gasteiger partial charge in [-0.3, -0.25) is 4.79 Å². The van der Waals surface area contributed by atoms with Crippen molar-refractivity contribution in [2.24, 2.45) is 0 Å². The molecule has 72 valence electrons. The van der Waals surface area contributed by atoms with Crippen LogP contribution in [-0.4, -0.2) is 19.4 Å². The van der Waals surface area contributed by atoms with Crippen molar-refractivity contribution in [1.29, 1.82) is 0 Å². The third-order valence-corrected chi connectivity index (χ3v) is 2.05. The van der Waals surface area contributed by atoms with Gasteiger partial charge >= 0.3 is 0 Å². The number of benzene rings is 1. The zero-order chi connectivity index (χ0) is 9.80. The molecule has 0 amide bonds. The number of hydrogen-bond acceptors (Lipinski definition) is 3. The van der Waals surface area contributed by atoms with Crippen LogP contribution in [0.25, 0.3) is 6.08 Å². The molecule has 0 spiro atoms. The van der Waals surface area contributed by atoms with Crippen LogP contribution in [-0.2, 0) is 4.79 Å². The van der Waals surface area contributed by atoms with E-state index in [4.69, 9.17) is 4.74 Å². The molecule has 1 aliphatic heterocycles. The van der Waals surface area contributed by atoms with Gasteiger partial charge in [-0.25, -0.2) is 0 Å². The number of nitrogens with one attached hydrogen (secondary N) is 1. The number of hydrogen-bond donors (Lipinski definition) is 1. The van der Waals surface area contributed by atoms with E-state index in [0.29, 0.717) is 0 Å². The molecule has 0 aliphatic carbocycles. The molecule has 0 fully saturated rings. The van der Waals surface area contributed by atoms with Gasteiger partial charge in [0.2, 0.25) is 0 Å². The Balaban J connectivity index is 2.21. The lowest BCUT2D eigenvalue weighted by Gasteiger charge is -2.13. The van der Waals surface area contributed by atoms with E-state index in [0.717, 1.165) is 29.8 Å². The van der Waals surface area contributed by atoms with Crippen LogP contribution in [0.5, 0.6) is 5.75 Å². The van der Waals surface area contributed by atoms with Crippen molar-refractivity contribution in [1.82, 2.24) is 0 Å². The van der Waals surface area contributed by atoms with Crippen LogP contribution in [0.4, 0.5) is 5.69 Å². The van der Waals surface area contributed by atoms with Crippen LogP contribution in [0.15, 0.2) is 24.3 Å². The summed E-state index contributed by atoms with van der Waals surface area (Å²) < 4.78 is 5.19. The van der Waals surface area contributed by atoms with Crippen LogP contribution in [0.3, 0.4) is 0 Å². The number of rotatable bonds is 3. The smallest absolute Gasteiger partial charge is 0.157 e. The minimum Gasteiger partial charge on any atom is -0.486 e. The molecule has 0 saturated carbocycles. The van der Waals surface area contributed by atoms with Gasteiger partial charge in [0.1, 0.15) is 12.4 Å². The average molecular weight is 189 g/mol. The van der Waals surface area contributed by atoms with Gasteiger partial charge < -0.3 is 10.1 Å². The molecular formula is C11H11NO2. The highest BCUT2D eigenvalue weighted by Gasteiger charge is 2.04. The number of aldehydes is 1. The summed E-state index contributed by atoms with van der Waals surface area (Å²) in [5.41, 5.74) is 2.20. The van der Waals surface area contributed by atoms with Gasteiger partial charge in [-0.2, -0.15) is 0 Å². The van der Waals surface area contributed by atoms with Crippen molar-refractivity contribution in [3.05, 3.63) is 29.8 Å². The lowest BCUT2D eigenvalue weighted by molar-refractivity contribution is -0.109. The Kier molecular flexibility index (Phi) is 2.49. The van der Waals surface area contributed by atoms with Gasteiger partial charge in [0.25, 0.3) is 0 Å². The number of ether oxygens (including phenoxy) is 1. The molecule has 1 aromatic rings. The molecule has 2 rings (SSSR count). The van der Waals surface area contributed by atoms with Gasteiger partial charge in [0.15, 0.2) is 6.29 Å². The second-order valence-corrected chi connectivity index (χ2v) is 3.01. The average Bonchev–Trinajstić information content (AvgIpc) is 2.26. The van der Waals surface area contributed by atoms with E-state index in [1.165, 1.54) is 0 Å². The Labute approximate surface area is 82.4 Å². The molecule has 3 heteroatoms. The third kappa shape index (κ3) is 1.76. The molecule has 1 aliphatic rings. The summed E-state index contributed by atoms with van der Waals surface area (Å²) in [6.45, 7) is 0.970. The lowest BCUT2D eigenvalue weighted by Crippen LogP contribution is -2.05. The highest BCUT2D eigenvalue weighted by Crippen LogP contribution is 2.25. The maximum Gasteiger partial charge on any atom is 0.157 e. The van der Waals surface area contributed by atoms with Crippen LogP contribution in [0.1, 0.15) is 5.56 Å². The van der Waals surface area contributed by atoms with Crippen LogP contribution in [0, 0.1) is 0 Å². The lowest BCUT2D eigenvalue weighted by atomic mass is 10.1. The Morgan fingerprint density at radius 2 is 2.43 bits per heavy atom. The van der Waals surface area contributed by atoms with E-state index >= 15 is 0 Å². The summed E-state index contributed by atoms with van der Waals surface area (Å²) in [6.07, 6.45) is 4.83. The Morgan fingerprint density at radius 3 is 3.29 bits per heavy atom. The zero-order valence-corrected chi connectivity index (χ0v) is 7.69. The van der Waals surface area contributed by atoms with Crippen molar-refractivity contribution in [2.45, 2.75) is 0 Å². The maximum atomic E-state index is 10.1. The number of fused-ring (bicyclic) bond motifs is 1. The summed E-state index contributed by atoms with van der Waals surface area (Å²) in [4.78, 5) is 10.1. The summed E-state index contributed by atoms with van der Waals surface area (Å²) in [7, 11) is 0. The van der Waals surface area contributed by atoms with E-state index in [2.05, 4.69) is 5.32 Å². The quantitative estimate of drug-likeness (QED) is 0.735. The van der Waals surface area contributed by atoms with Gasteiger partial charge in [0, 0.05) is 17.8 Å². The Bertz CT molecular complexity index is 372. The molecule has 0 radical (unpaired) electrons. The van der Waals surface area contributed by atoms with Crippen molar-refractivity contribution >= 4 is 18.0 Å². The monoisotopic (exact) mass is 189 g/mol. The second kappa shape index (κ2) is 3.96. The first-order valence-electron chi connectivity index (χ1n) is 4.51. The van der Waals surface area contributed by atoms with Crippen molar-refractivity contribution < 1.29 is 9.53 Å². The second-order valence-electron chi connectivity index (χ2n) is 3.01. The van der Waals surface area contributed by atoms with E-state index in [9.17, 15) is 4.79 Å². The van der Waals surface area contributed by atoms with Crippen molar-refractivity contribution in [3.8, 4) is 5.75 Å². The van der Waals surface area contributed by atoms with Crippen LogP contribution >= 0.6 is 0 Å². The molecule has 1 heterocycles. The largest absolute Gasteiger partial charge is 0.486 e. The predicted molar refractivity (Wildman–Crippen MR) is 55.5 cm³/mol. The molecule has 0 unspecified atom stereocenters. The Hall–Kier alpha value is -1.77. The van der Waals surface area contributed by atoms with E-state index < -0.39 is 0 Å². The first-order valence-corrected chi connectivity index (χ1v) is 4.51.